The molecule has 1 aromatic rings. The maximum atomic E-state index is 13.4. The molecule has 14 heavy (non-hydrogen) atoms. The van der Waals surface area contributed by atoms with E-state index < -0.39 is 18.0 Å². The van der Waals surface area contributed by atoms with Crippen LogP contribution < -0.4 is 5.73 Å². The molecule has 0 spiro atoms. The molecule has 0 radical (unpaired) electrons. The van der Waals surface area contributed by atoms with E-state index in [4.69, 9.17) is 5.73 Å². The molecule has 0 aliphatic rings. The summed E-state index contributed by atoms with van der Waals surface area (Å²) in [6, 6.07) is 2.47. The van der Waals surface area contributed by atoms with Crippen molar-refractivity contribution in [2.45, 2.75) is 26.0 Å². The van der Waals surface area contributed by atoms with Gasteiger partial charge in [0.05, 0.1) is 6.10 Å². The first-order valence-electron chi connectivity index (χ1n) is 4.32. The van der Waals surface area contributed by atoms with Crippen LogP contribution >= 0.6 is 15.9 Å². The zero-order valence-electron chi connectivity index (χ0n) is 8.09. The first kappa shape index (κ1) is 11.6. The van der Waals surface area contributed by atoms with Crippen LogP contribution in [0, 0.1) is 12.7 Å². The predicted molar refractivity (Wildman–Crippen MR) is 57.4 cm³/mol. The van der Waals surface area contributed by atoms with Crippen molar-refractivity contribution in [1.82, 2.24) is 0 Å². The summed E-state index contributed by atoms with van der Waals surface area (Å²) >= 11 is 3.21. The number of aryl methyl sites for hydroxylation is 1. The maximum absolute atomic E-state index is 13.4. The predicted octanol–water partition coefficient (Wildman–Crippen LogP) is 2.28. The van der Waals surface area contributed by atoms with Gasteiger partial charge in [0.25, 0.3) is 0 Å². The van der Waals surface area contributed by atoms with Gasteiger partial charge in [0.1, 0.15) is 5.82 Å². The molecule has 0 saturated carbocycles. The molecule has 0 aliphatic carbocycles. The number of aliphatic hydroxyl groups excluding tert-OH is 1. The van der Waals surface area contributed by atoms with E-state index in [9.17, 15) is 9.50 Å². The minimum atomic E-state index is -0.957. The fraction of sp³-hybridized carbons (Fsp3) is 0.400. The maximum Gasteiger partial charge on any atom is 0.130 e. The molecule has 1 aromatic carbocycles. The van der Waals surface area contributed by atoms with Gasteiger partial charge in [-0.1, -0.05) is 15.9 Å². The number of rotatable bonds is 2. The Morgan fingerprint density at radius 2 is 2.07 bits per heavy atom. The van der Waals surface area contributed by atoms with Crippen LogP contribution in [-0.2, 0) is 0 Å². The average molecular weight is 262 g/mol. The van der Waals surface area contributed by atoms with Crippen LogP contribution in [0.4, 0.5) is 4.39 Å². The van der Waals surface area contributed by atoms with Gasteiger partial charge in [-0.05, 0) is 31.5 Å². The summed E-state index contributed by atoms with van der Waals surface area (Å²) in [4.78, 5) is 0. The van der Waals surface area contributed by atoms with Crippen molar-refractivity contribution in [3.63, 3.8) is 0 Å². The van der Waals surface area contributed by atoms with E-state index in [-0.39, 0.29) is 5.56 Å². The molecule has 0 amide bonds. The third kappa shape index (κ3) is 2.32. The summed E-state index contributed by atoms with van der Waals surface area (Å²) in [6.07, 6.45) is -0.957. The Morgan fingerprint density at radius 3 is 2.57 bits per heavy atom. The second kappa shape index (κ2) is 4.38. The molecule has 2 atom stereocenters. The topological polar surface area (TPSA) is 46.2 Å². The van der Waals surface area contributed by atoms with Crippen LogP contribution in [0.15, 0.2) is 16.6 Å². The van der Waals surface area contributed by atoms with Crippen LogP contribution in [0.1, 0.15) is 24.2 Å². The van der Waals surface area contributed by atoms with E-state index >= 15 is 0 Å². The lowest BCUT2D eigenvalue weighted by Gasteiger charge is -2.16. The molecule has 2 unspecified atom stereocenters. The van der Waals surface area contributed by atoms with Crippen LogP contribution in [0.25, 0.3) is 0 Å². The lowest BCUT2D eigenvalue weighted by molar-refractivity contribution is 0.149. The van der Waals surface area contributed by atoms with E-state index in [1.54, 1.807) is 13.0 Å². The number of aliphatic hydroxyl groups is 1. The highest BCUT2D eigenvalue weighted by Gasteiger charge is 2.17. The quantitative estimate of drug-likeness (QED) is 0.858. The number of hydrogen-bond acceptors (Lipinski definition) is 2. The Balaban J connectivity index is 3.15. The first-order chi connectivity index (χ1) is 6.43. The van der Waals surface area contributed by atoms with Crippen LogP contribution in [0.3, 0.4) is 0 Å². The van der Waals surface area contributed by atoms with Crippen LogP contribution in [0.2, 0.25) is 0 Å². The molecule has 78 valence electrons. The Kier molecular flexibility index (Phi) is 3.64. The summed E-state index contributed by atoms with van der Waals surface area (Å²) in [5.74, 6) is -0.438. The second-order valence-electron chi connectivity index (χ2n) is 3.43. The van der Waals surface area contributed by atoms with Crippen LogP contribution in [0.5, 0.6) is 0 Å². The number of hydrogen-bond donors (Lipinski definition) is 2. The Bertz CT molecular complexity index is 341. The van der Waals surface area contributed by atoms with Crippen molar-refractivity contribution in [2.24, 2.45) is 5.73 Å². The smallest absolute Gasteiger partial charge is 0.130 e. The third-order valence-electron chi connectivity index (χ3n) is 2.09. The highest BCUT2D eigenvalue weighted by molar-refractivity contribution is 9.10. The molecule has 3 N–H and O–H groups in total. The summed E-state index contributed by atoms with van der Waals surface area (Å²) < 4.78 is 14.1. The second-order valence-corrected chi connectivity index (χ2v) is 4.28. The largest absolute Gasteiger partial charge is 0.387 e. The van der Waals surface area contributed by atoms with E-state index in [2.05, 4.69) is 15.9 Å². The lowest BCUT2D eigenvalue weighted by atomic mass is 10.0. The van der Waals surface area contributed by atoms with E-state index in [1.807, 2.05) is 6.92 Å². The monoisotopic (exact) mass is 261 g/mol. The summed E-state index contributed by atoms with van der Waals surface area (Å²) in [5.41, 5.74) is 6.62. The summed E-state index contributed by atoms with van der Waals surface area (Å²) in [5, 5.41) is 9.61. The summed E-state index contributed by atoms with van der Waals surface area (Å²) in [7, 11) is 0. The molecule has 0 aliphatic heterocycles. The van der Waals surface area contributed by atoms with Gasteiger partial charge in [-0.3, -0.25) is 0 Å². The number of nitrogens with two attached hydrogens (primary N) is 1. The van der Waals surface area contributed by atoms with Crippen molar-refractivity contribution in [3.8, 4) is 0 Å². The van der Waals surface area contributed by atoms with Gasteiger partial charge in [-0.15, -0.1) is 0 Å². The Labute approximate surface area is 91.1 Å². The molecule has 0 aromatic heterocycles. The van der Waals surface area contributed by atoms with Gasteiger partial charge in [0.15, 0.2) is 0 Å². The molecule has 0 saturated heterocycles. The first-order valence-corrected chi connectivity index (χ1v) is 5.12. The summed E-state index contributed by atoms with van der Waals surface area (Å²) in [6.45, 7) is 3.47. The van der Waals surface area contributed by atoms with Gasteiger partial charge in [0, 0.05) is 16.1 Å². The van der Waals surface area contributed by atoms with Crippen LogP contribution in [-0.4, -0.2) is 11.1 Å². The van der Waals surface area contributed by atoms with Gasteiger partial charge in [0.2, 0.25) is 0 Å². The van der Waals surface area contributed by atoms with Gasteiger partial charge in [-0.25, -0.2) is 4.39 Å². The third-order valence-corrected chi connectivity index (χ3v) is 2.95. The molecule has 2 nitrogen and oxygen atoms in total. The lowest BCUT2D eigenvalue weighted by Crippen LogP contribution is -2.25. The fourth-order valence-electron chi connectivity index (χ4n) is 1.19. The number of halogens is 2. The van der Waals surface area contributed by atoms with E-state index in [0.29, 0.717) is 4.47 Å². The molecule has 0 fully saturated rings. The zero-order valence-corrected chi connectivity index (χ0v) is 9.68. The normalized spacial score (nSPS) is 15.3. The van der Waals surface area contributed by atoms with Gasteiger partial charge < -0.3 is 10.8 Å². The molecule has 0 heterocycles. The van der Waals surface area contributed by atoms with Gasteiger partial charge >= 0.3 is 0 Å². The van der Waals surface area contributed by atoms with Gasteiger partial charge in [-0.2, -0.15) is 0 Å². The standard InChI is InChI=1S/C10H13BrFNO/c1-5-3-7(10(14)6(2)13)9(12)4-8(5)11/h3-4,6,10,14H,13H2,1-2H3. The highest BCUT2D eigenvalue weighted by atomic mass is 79.9. The van der Waals surface area contributed by atoms with Crippen molar-refractivity contribution < 1.29 is 9.50 Å². The highest BCUT2D eigenvalue weighted by Crippen LogP contribution is 2.25. The molecular formula is C10H13BrFNO. The van der Waals surface area contributed by atoms with Crippen molar-refractivity contribution in [1.29, 1.82) is 0 Å². The molecule has 0 bridgehead atoms. The molecule has 4 heteroatoms. The minimum Gasteiger partial charge on any atom is -0.387 e. The Morgan fingerprint density at radius 1 is 1.50 bits per heavy atom. The number of benzene rings is 1. The minimum absolute atomic E-state index is 0.251. The molecular weight excluding hydrogens is 249 g/mol. The van der Waals surface area contributed by atoms with Crippen molar-refractivity contribution >= 4 is 15.9 Å². The van der Waals surface area contributed by atoms with Crippen molar-refractivity contribution in [2.75, 3.05) is 0 Å². The molecule has 1 rings (SSSR count). The average Bonchev–Trinajstić information content (AvgIpc) is 2.10. The fourth-order valence-corrected chi connectivity index (χ4v) is 1.50. The van der Waals surface area contributed by atoms with E-state index in [0.717, 1.165) is 5.56 Å². The van der Waals surface area contributed by atoms with E-state index in [1.165, 1.54) is 6.07 Å². The zero-order chi connectivity index (χ0) is 10.9. The SMILES string of the molecule is Cc1cc(C(O)C(C)N)c(F)cc1Br. The van der Waals surface area contributed by atoms with Crippen molar-refractivity contribution in [3.05, 3.63) is 33.5 Å². The Hall–Kier alpha value is -0.450.